The molecule has 0 unspecified atom stereocenters. The summed E-state index contributed by atoms with van der Waals surface area (Å²) in [5.74, 6) is -0.225. The Morgan fingerprint density at radius 2 is 1.89 bits per heavy atom. The second-order valence-electron chi connectivity index (χ2n) is 6.88. The molecule has 1 aromatic heterocycles. The van der Waals surface area contributed by atoms with Gasteiger partial charge >= 0.3 is 5.97 Å². The summed E-state index contributed by atoms with van der Waals surface area (Å²) in [5, 5.41) is 8.52. The molecule has 1 aliphatic carbocycles. The quantitative estimate of drug-likeness (QED) is 0.558. The number of benzene rings is 2. The number of aromatic nitrogens is 2. The van der Waals surface area contributed by atoms with E-state index in [1.807, 2.05) is 0 Å². The molecule has 1 fully saturated rings. The Labute approximate surface area is 166 Å². The van der Waals surface area contributed by atoms with Crippen molar-refractivity contribution >= 4 is 17.6 Å². The number of carbonyl (C=O) groups is 1. The van der Waals surface area contributed by atoms with Gasteiger partial charge in [0.25, 0.3) is 5.89 Å². The maximum Gasteiger partial charge on any atom is 0.317 e. The molecule has 4 rings (SSSR count). The number of hydrogen-bond donors (Lipinski definition) is 0. The lowest BCUT2D eigenvalue weighted by Gasteiger charge is -2.26. The summed E-state index contributed by atoms with van der Waals surface area (Å²) in [6.45, 7) is -0.128. The van der Waals surface area contributed by atoms with Crippen LogP contribution < -0.4 is 0 Å². The Morgan fingerprint density at radius 3 is 2.61 bits per heavy atom. The van der Waals surface area contributed by atoms with Crippen molar-refractivity contribution in [2.45, 2.75) is 37.7 Å². The molecule has 1 saturated carbocycles. The Bertz CT molecular complexity index is 981. The van der Waals surface area contributed by atoms with Gasteiger partial charge in [0.15, 0.2) is 6.61 Å². The molecule has 144 valence electrons. The van der Waals surface area contributed by atoms with Crippen LogP contribution in [-0.2, 0) is 21.6 Å². The van der Waals surface area contributed by atoms with Crippen molar-refractivity contribution in [2.24, 2.45) is 0 Å². The summed E-state index contributed by atoms with van der Waals surface area (Å²) in [6.07, 6.45) is 3.06. The highest BCUT2D eigenvalue weighted by Crippen LogP contribution is 2.42. The van der Waals surface area contributed by atoms with Gasteiger partial charge < -0.3 is 9.15 Å². The molecule has 1 aliphatic rings. The standard InChI is InChI=1S/C21H18ClFN2O3/c22-16-8-6-14(7-9-16)19-25-24-18(28-19)13-27-20(26)21(10-1-2-11-21)15-4-3-5-17(23)12-15/h3-9,12H,1-2,10-11,13H2. The second-order valence-corrected chi connectivity index (χ2v) is 7.32. The molecular weight excluding hydrogens is 383 g/mol. The lowest BCUT2D eigenvalue weighted by atomic mass is 9.79. The minimum absolute atomic E-state index is 0.128. The fraction of sp³-hybridized carbons (Fsp3) is 0.286. The smallest absolute Gasteiger partial charge is 0.317 e. The zero-order chi connectivity index (χ0) is 19.6. The van der Waals surface area contributed by atoms with Gasteiger partial charge in [-0.3, -0.25) is 4.79 Å². The lowest BCUT2D eigenvalue weighted by Crippen LogP contribution is -2.34. The summed E-state index contributed by atoms with van der Waals surface area (Å²) in [5.41, 5.74) is 0.560. The fourth-order valence-corrected chi connectivity index (χ4v) is 3.79. The molecule has 0 radical (unpaired) electrons. The van der Waals surface area contributed by atoms with Crippen LogP contribution in [0.25, 0.3) is 11.5 Å². The van der Waals surface area contributed by atoms with Crippen molar-refractivity contribution < 1.29 is 18.3 Å². The first-order chi connectivity index (χ1) is 13.6. The first-order valence-electron chi connectivity index (χ1n) is 9.08. The highest BCUT2D eigenvalue weighted by Gasteiger charge is 2.44. The summed E-state index contributed by atoms with van der Waals surface area (Å²) in [7, 11) is 0. The van der Waals surface area contributed by atoms with Gasteiger partial charge in [-0.1, -0.05) is 36.6 Å². The van der Waals surface area contributed by atoms with Crippen molar-refractivity contribution in [1.29, 1.82) is 0 Å². The lowest BCUT2D eigenvalue weighted by molar-refractivity contribution is -0.152. The van der Waals surface area contributed by atoms with Gasteiger partial charge in [-0.2, -0.15) is 0 Å². The molecule has 7 heteroatoms. The largest absolute Gasteiger partial charge is 0.455 e. The van der Waals surface area contributed by atoms with Crippen LogP contribution in [0.2, 0.25) is 5.02 Å². The Hall–Kier alpha value is -2.73. The molecule has 2 aromatic carbocycles. The number of esters is 1. The zero-order valence-corrected chi connectivity index (χ0v) is 15.8. The number of carbonyl (C=O) groups excluding carboxylic acids is 1. The van der Waals surface area contributed by atoms with Gasteiger partial charge in [-0.15, -0.1) is 10.2 Å². The van der Waals surface area contributed by atoms with Gasteiger partial charge in [-0.05, 0) is 54.8 Å². The molecular formula is C21H18ClFN2O3. The molecule has 1 heterocycles. The van der Waals surface area contributed by atoms with E-state index in [1.54, 1.807) is 36.4 Å². The first-order valence-corrected chi connectivity index (χ1v) is 9.46. The van der Waals surface area contributed by atoms with Gasteiger partial charge in [0, 0.05) is 10.6 Å². The van der Waals surface area contributed by atoms with E-state index in [0.29, 0.717) is 29.3 Å². The van der Waals surface area contributed by atoms with Gasteiger partial charge in [0.05, 0.1) is 5.41 Å². The Balaban J connectivity index is 1.48. The van der Waals surface area contributed by atoms with E-state index in [0.717, 1.165) is 18.4 Å². The highest BCUT2D eigenvalue weighted by atomic mass is 35.5. The number of hydrogen-bond acceptors (Lipinski definition) is 5. The molecule has 5 nitrogen and oxygen atoms in total. The van der Waals surface area contributed by atoms with Crippen molar-refractivity contribution in [3.63, 3.8) is 0 Å². The van der Waals surface area contributed by atoms with Crippen LogP contribution in [0.3, 0.4) is 0 Å². The molecule has 0 amide bonds. The topological polar surface area (TPSA) is 65.2 Å². The monoisotopic (exact) mass is 400 g/mol. The van der Waals surface area contributed by atoms with Crippen LogP contribution in [0.5, 0.6) is 0 Å². The van der Waals surface area contributed by atoms with Crippen LogP contribution in [0.15, 0.2) is 52.9 Å². The number of nitrogens with zero attached hydrogens (tertiary/aromatic N) is 2. The molecule has 0 spiro atoms. The Morgan fingerprint density at radius 1 is 1.14 bits per heavy atom. The van der Waals surface area contributed by atoms with Crippen LogP contribution >= 0.6 is 11.6 Å². The summed E-state index contributed by atoms with van der Waals surface area (Å²) >= 11 is 5.88. The van der Waals surface area contributed by atoms with E-state index < -0.39 is 5.41 Å². The van der Waals surface area contributed by atoms with Gasteiger partial charge in [0.2, 0.25) is 5.89 Å². The van der Waals surface area contributed by atoms with E-state index in [4.69, 9.17) is 20.8 Å². The third-order valence-electron chi connectivity index (χ3n) is 5.11. The highest BCUT2D eigenvalue weighted by molar-refractivity contribution is 6.30. The van der Waals surface area contributed by atoms with Crippen LogP contribution in [0.1, 0.15) is 37.1 Å². The van der Waals surface area contributed by atoms with Crippen LogP contribution in [-0.4, -0.2) is 16.2 Å². The minimum Gasteiger partial charge on any atom is -0.455 e. The number of rotatable bonds is 5. The van der Waals surface area contributed by atoms with Gasteiger partial charge in [-0.25, -0.2) is 4.39 Å². The fourth-order valence-electron chi connectivity index (χ4n) is 3.66. The van der Waals surface area contributed by atoms with E-state index in [2.05, 4.69) is 10.2 Å². The number of ether oxygens (including phenoxy) is 1. The maximum absolute atomic E-state index is 13.7. The number of halogens is 2. The van der Waals surface area contributed by atoms with Crippen molar-refractivity contribution in [3.05, 3.63) is 70.8 Å². The molecule has 3 aromatic rings. The first kappa shape index (κ1) is 18.6. The normalized spacial score (nSPS) is 15.5. The van der Waals surface area contributed by atoms with E-state index >= 15 is 0 Å². The molecule has 0 atom stereocenters. The maximum atomic E-state index is 13.7. The third kappa shape index (κ3) is 3.64. The summed E-state index contributed by atoms with van der Waals surface area (Å²) in [4.78, 5) is 12.9. The third-order valence-corrected chi connectivity index (χ3v) is 5.36. The average Bonchev–Trinajstić information content (AvgIpc) is 3.37. The summed E-state index contributed by atoms with van der Waals surface area (Å²) < 4.78 is 24.8. The van der Waals surface area contributed by atoms with E-state index in [1.165, 1.54) is 12.1 Å². The SMILES string of the molecule is O=C(OCc1nnc(-c2ccc(Cl)cc2)o1)C1(c2cccc(F)c2)CCCC1. The van der Waals surface area contributed by atoms with Crippen molar-refractivity contribution in [1.82, 2.24) is 10.2 Å². The van der Waals surface area contributed by atoms with Crippen LogP contribution in [0.4, 0.5) is 4.39 Å². The molecule has 0 saturated heterocycles. The molecule has 0 aliphatic heterocycles. The summed E-state index contributed by atoms with van der Waals surface area (Å²) in [6, 6.07) is 13.2. The second kappa shape index (κ2) is 7.72. The average molecular weight is 401 g/mol. The van der Waals surface area contributed by atoms with E-state index in [-0.39, 0.29) is 24.3 Å². The molecule has 0 bridgehead atoms. The van der Waals surface area contributed by atoms with E-state index in [9.17, 15) is 9.18 Å². The predicted molar refractivity (Wildman–Crippen MR) is 101 cm³/mol. The molecule has 28 heavy (non-hydrogen) atoms. The predicted octanol–water partition coefficient (Wildman–Crippen LogP) is 5.08. The van der Waals surface area contributed by atoms with Crippen LogP contribution in [0, 0.1) is 5.82 Å². The minimum atomic E-state index is -0.818. The molecule has 0 N–H and O–H groups in total. The Kier molecular flexibility index (Phi) is 5.13. The van der Waals surface area contributed by atoms with Crippen molar-refractivity contribution in [3.8, 4) is 11.5 Å². The zero-order valence-electron chi connectivity index (χ0n) is 15.0. The van der Waals surface area contributed by atoms with Crippen molar-refractivity contribution in [2.75, 3.05) is 0 Å². The van der Waals surface area contributed by atoms with Gasteiger partial charge in [0.1, 0.15) is 5.82 Å².